The van der Waals surface area contributed by atoms with Gasteiger partial charge in [0.2, 0.25) is 5.91 Å². The van der Waals surface area contributed by atoms with E-state index in [1.54, 1.807) is 53.7 Å². The van der Waals surface area contributed by atoms with E-state index in [1.807, 2.05) is 38.3 Å². The molecule has 3 rings (SSSR count). The zero-order chi connectivity index (χ0) is 24.7. The molecule has 2 heterocycles. The highest BCUT2D eigenvalue weighted by Gasteiger charge is 2.34. The maximum Gasteiger partial charge on any atom is 0.255 e. The minimum absolute atomic E-state index is 0.251. The zero-order valence-corrected chi connectivity index (χ0v) is 20.2. The summed E-state index contributed by atoms with van der Waals surface area (Å²) in [6, 6.07) is 12.9. The third kappa shape index (κ3) is 6.89. The zero-order valence-electron chi connectivity index (χ0n) is 19.4. The maximum atomic E-state index is 13.6. The highest BCUT2D eigenvalue weighted by Crippen LogP contribution is 2.29. The van der Waals surface area contributed by atoms with Gasteiger partial charge >= 0.3 is 0 Å². The van der Waals surface area contributed by atoms with E-state index in [4.69, 9.17) is 10.5 Å². The highest BCUT2D eigenvalue weighted by molar-refractivity contribution is 7.09. The first-order chi connectivity index (χ1) is 16.1. The Bertz CT molecular complexity index is 1110. The first-order valence-corrected chi connectivity index (χ1v) is 11.6. The van der Waals surface area contributed by atoms with Crippen LogP contribution in [0.25, 0.3) is 0 Å². The lowest BCUT2D eigenvalue weighted by Gasteiger charge is -2.33. The van der Waals surface area contributed by atoms with Gasteiger partial charge in [-0.15, -0.1) is 11.3 Å². The van der Waals surface area contributed by atoms with Crippen LogP contribution in [0.5, 0.6) is 5.75 Å². The van der Waals surface area contributed by atoms with Crippen molar-refractivity contribution < 1.29 is 19.1 Å². The monoisotopic (exact) mass is 480 g/mol. The largest absolute Gasteiger partial charge is 0.484 e. The van der Waals surface area contributed by atoms with Crippen molar-refractivity contribution in [3.8, 4) is 5.75 Å². The molecule has 0 saturated carbocycles. The van der Waals surface area contributed by atoms with E-state index in [-0.39, 0.29) is 25.0 Å². The van der Waals surface area contributed by atoms with Crippen molar-refractivity contribution in [2.24, 2.45) is 5.73 Å². The van der Waals surface area contributed by atoms with E-state index in [0.717, 1.165) is 4.88 Å². The normalized spacial score (nSPS) is 12.0. The van der Waals surface area contributed by atoms with Gasteiger partial charge < -0.3 is 20.7 Å². The minimum atomic E-state index is -0.910. The van der Waals surface area contributed by atoms with Gasteiger partial charge in [-0.05, 0) is 62.0 Å². The Hall–Kier alpha value is -3.72. The molecule has 0 radical (unpaired) electrons. The summed E-state index contributed by atoms with van der Waals surface area (Å²) in [4.78, 5) is 44.7. The van der Waals surface area contributed by atoms with E-state index in [2.05, 4.69) is 10.3 Å². The van der Waals surface area contributed by atoms with Crippen LogP contribution in [0.4, 0.5) is 0 Å². The van der Waals surface area contributed by atoms with E-state index in [0.29, 0.717) is 16.9 Å². The third-order valence-electron chi connectivity index (χ3n) is 4.73. The van der Waals surface area contributed by atoms with Gasteiger partial charge in [-0.1, -0.05) is 18.2 Å². The number of ether oxygens (including phenoxy) is 1. The molecular weight excluding hydrogens is 452 g/mol. The molecule has 3 aromatic rings. The van der Waals surface area contributed by atoms with Gasteiger partial charge in [-0.25, -0.2) is 0 Å². The van der Waals surface area contributed by atoms with Crippen LogP contribution in [-0.2, 0) is 16.1 Å². The molecule has 178 valence electrons. The Morgan fingerprint density at radius 1 is 1.09 bits per heavy atom. The first kappa shape index (κ1) is 24.9. The molecule has 0 aliphatic heterocycles. The number of hydrogen-bond donors (Lipinski definition) is 2. The average Bonchev–Trinajstić information content (AvgIpc) is 3.30. The van der Waals surface area contributed by atoms with Crippen LogP contribution in [0.1, 0.15) is 47.6 Å². The Kier molecular flexibility index (Phi) is 8.01. The predicted molar refractivity (Wildman–Crippen MR) is 130 cm³/mol. The molecule has 0 fully saturated rings. The van der Waals surface area contributed by atoms with Crippen LogP contribution in [-0.4, -0.2) is 39.8 Å². The lowest BCUT2D eigenvalue weighted by atomic mass is 10.0. The number of benzene rings is 1. The number of hydrogen-bond acceptors (Lipinski definition) is 6. The summed E-state index contributed by atoms with van der Waals surface area (Å²) in [6.07, 6.45) is 3.09. The lowest BCUT2D eigenvalue weighted by molar-refractivity contribution is -0.127. The van der Waals surface area contributed by atoms with Gasteiger partial charge in [0.05, 0.1) is 6.54 Å². The average molecular weight is 481 g/mol. The van der Waals surface area contributed by atoms with Crippen molar-refractivity contribution in [1.82, 2.24) is 15.2 Å². The number of pyridine rings is 1. The summed E-state index contributed by atoms with van der Waals surface area (Å²) in [5.74, 6) is -0.754. The summed E-state index contributed by atoms with van der Waals surface area (Å²) in [5.41, 5.74) is 5.68. The summed E-state index contributed by atoms with van der Waals surface area (Å²) >= 11 is 1.51. The van der Waals surface area contributed by atoms with E-state index in [1.165, 1.54) is 11.3 Å². The molecule has 0 saturated heterocycles. The van der Waals surface area contributed by atoms with Crippen LogP contribution < -0.4 is 15.8 Å². The van der Waals surface area contributed by atoms with Gasteiger partial charge in [-0.2, -0.15) is 0 Å². The van der Waals surface area contributed by atoms with Crippen molar-refractivity contribution >= 4 is 29.1 Å². The summed E-state index contributed by atoms with van der Waals surface area (Å²) in [5, 5.41) is 4.93. The Balaban J connectivity index is 2.03. The first-order valence-electron chi connectivity index (χ1n) is 10.7. The number of carbonyl (C=O) groups excluding carboxylic acids is 3. The number of primary amides is 1. The highest BCUT2D eigenvalue weighted by atomic mass is 32.1. The number of nitrogens with two attached hydrogens (primary N) is 1. The second kappa shape index (κ2) is 10.9. The van der Waals surface area contributed by atoms with Gasteiger partial charge in [-0.3, -0.25) is 19.4 Å². The summed E-state index contributed by atoms with van der Waals surface area (Å²) in [6.45, 7) is 5.66. The third-order valence-corrected chi connectivity index (χ3v) is 5.59. The molecule has 34 heavy (non-hydrogen) atoms. The number of carbonyl (C=O) groups is 3. The van der Waals surface area contributed by atoms with Crippen molar-refractivity contribution in [1.29, 1.82) is 0 Å². The van der Waals surface area contributed by atoms with E-state index in [9.17, 15) is 14.4 Å². The number of rotatable bonds is 9. The van der Waals surface area contributed by atoms with Crippen LogP contribution in [0, 0.1) is 0 Å². The second-order valence-electron chi connectivity index (χ2n) is 8.71. The Morgan fingerprint density at radius 3 is 2.32 bits per heavy atom. The minimum Gasteiger partial charge on any atom is -0.484 e. The Labute approximate surface area is 202 Å². The number of nitrogens with zero attached hydrogens (tertiary/aromatic N) is 2. The number of nitrogens with one attached hydrogen (secondary N) is 1. The molecule has 9 heteroatoms. The molecule has 0 bridgehead atoms. The smallest absolute Gasteiger partial charge is 0.255 e. The van der Waals surface area contributed by atoms with Crippen molar-refractivity contribution in [2.45, 2.75) is 38.9 Å². The van der Waals surface area contributed by atoms with Gasteiger partial charge in [0.1, 0.15) is 11.8 Å². The quantitative estimate of drug-likeness (QED) is 0.488. The number of thiophene rings is 1. The SMILES string of the molecule is CC(C)(C)NC(=O)C(c1ccc(OCC(N)=O)cc1)N(Cc1cccs1)C(=O)c1ccncc1. The van der Waals surface area contributed by atoms with Crippen molar-refractivity contribution in [3.63, 3.8) is 0 Å². The topological polar surface area (TPSA) is 115 Å². The van der Waals surface area contributed by atoms with Gasteiger partial charge in [0.25, 0.3) is 11.8 Å². The van der Waals surface area contributed by atoms with E-state index >= 15 is 0 Å². The molecule has 0 aliphatic carbocycles. The van der Waals surface area contributed by atoms with Crippen LogP contribution in [0.3, 0.4) is 0 Å². The molecule has 0 aliphatic rings. The fraction of sp³-hybridized carbons (Fsp3) is 0.280. The fourth-order valence-corrected chi connectivity index (χ4v) is 4.03. The lowest BCUT2D eigenvalue weighted by Crippen LogP contribution is -2.49. The molecule has 1 aromatic carbocycles. The van der Waals surface area contributed by atoms with Gasteiger partial charge in [0.15, 0.2) is 6.61 Å². The molecule has 3 N–H and O–H groups in total. The molecule has 1 atom stereocenters. The second-order valence-corrected chi connectivity index (χ2v) is 9.75. The summed E-state index contributed by atoms with van der Waals surface area (Å²) in [7, 11) is 0. The van der Waals surface area contributed by atoms with Crippen molar-refractivity contribution in [2.75, 3.05) is 6.61 Å². The number of aromatic nitrogens is 1. The molecule has 2 aromatic heterocycles. The van der Waals surface area contributed by atoms with Crippen LogP contribution in [0.2, 0.25) is 0 Å². The van der Waals surface area contributed by atoms with Crippen LogP contribution >= 0.6 is 11.3 Å². The van der Waals surface area contributed by atoms with E-state index < -0.39 is 17.5 Å². The maximum absolute atomic E-state index is 13.6. The summed E-state index contributed by atoms with van der Waals surface area (Å²) < 4.78 is 5.34. The fourth-order valence-electron chi connectivity index (χ4n) is 3.32. The molecule has 1 unspecified atom stereocenters. The van der Waals surface area contributed by atoms with Gasteiger partial charge in [0, 0.05) is 28.4 Å². The molecule has 8 nitrogen and oxygen atoms in total. The molecular formula is C25H28N4O4S. The van der Waals surface area contributed by atoms with Crippen LogP contribution in [0.15, 0.2) is 66.3 Å². The van der Waals surface area contributed by atoms with Crippen molar-refractivity contribution in [3.05, 3.63) is 82.3 Å². The molecule has 3 amide bonds. The molecule has 0 spiro atoms. The Morgan fingerprint density at radius 2 is 1.76 bits per heavy atom. The standard InChI is InChI=1S/C25H28N4O4S/c1-25(2,3)28-23(31)22(17-6-8-19(9-7-17)33-16-21(26)30)29(15-20-5-4-14-34-20)24(32)18-10-12-27-13-11-18/h4-14,22H,15-16H2,1-3H3,(H2,26,30)(H,28,31). The predicted octanol–water partition coefficient (Wildman–Crippen LogP) is 3.31. The number of amides is 3.